The highest BCUT2D eigenvalue weighted by atomic mass is 35.5. The second-order valence-electron chi connectivity index (χ2n) is 6.71. The van der Waals surface area contributed by atoms with Gasteiger partial charge in [0.2, 0.25) is 0 Å². The summed E-state index contributed by atoms with van der Waals surface area (Å²) in [5.74, 6) is -1.83. The smallest absolute Gasteiger partial charge is 0.337 e. The van der Waals surface area contributed by atoms with Gasteiger partial charge >= 0.3 is 5.97 Å². The van der Waals surface area contributed by atoms with Gasteiger partial charge in [0.15, 0.2) is 0 Å². The van der Waals surface area contributed by atoms with Gasteiger partial charge in [-0.2, -0.15) is 5.26 Å². The predicted molar refractivity (Wildman–Crippen MR) is 111 cm³/mol. The molecule has 0 saturated heterocycles. The molecule has 2 amide bonds. The van der Waals surface area contributed by atoms with Crippen LogP contribution in [-0.4, -0.2) is 46.0 Å². The van der Waals surface area contributed by atoms with E-state index in [1.165, 1.54) is 25.1 Å². The minimum absolute atomic E-state index is 0.0177. The van der Waals surface area contributed by atoms with E-state index in [1.807, 2.05) is 6.07 Å². The van der Waals surface area contributed by atoms with Gasteiger partial charge in [-0.3, -0.25) is 14.5 Å². The van der Waals surface area contributed by atoms with E-state index >= 15 is 0 Å². The maximum absolute atomic E-state index is 12.8. The summed E-state index contributed by atoms with van der Waals surface area (Å²) in [7, 11) is 0. The summed E-state index contributed by atoms with van der Waals surface area (Å²) >= 11 is 5.90. The maximum atomic E-state index is 12.8. The molecule has 0 aliphatic carbocycles. The lowest BCUT2D eigenvalue weighted by atomic mass is 9.94. The molecule has 158 valence electrons. The van der Waals surface area contributed by atoms with Crippen molar-refractivity contribution in [3.8, 4) is 17.4 Å². The summed E-state index contributed by atoms with van der Waals surface area (Å²) in [5.41, 5.74) is 0.603. The van der Waals surface area contributed by atoms with Crippen molar-refractivity contribution in [3.63, 3.8) is 0 Å². The van der Waals surface area contributed by atoms with Crippen molar-refractivity contribution in [1.82, 2.24) is 4.90 Å². The number of aromatic carboxylic acids is 1. The van der Waals surface area contributed by atoms with Crippen LogP contribution in [0, 0.1) is 11.3 Å². The van der Waals surface area contributed by atoms with E-state index in [9.17, 15) is 24.8 Å². The summed E-state index contributed by atoms with van der Waals surface area (Å²) in [6.45, 7) is 1.28. The summed E-state index contributed by atoms with van der Waals surface area (Å²) in [6.07, 6.45) is 1.61. The van der Waals surface area contributed by atoms with Crippen molar-refractivity contribution in [2.24, 2.45) is 0 Å². The number of aliphatic hydroxyl groups is 1. The Bertz CT molecular complexity index is 1180. The Hall–Kier alpha value is -3.67. The van der Waals surface area contributed by atoms with Crippen molar-refractivity contribution >= 4 is 35.5 Å². The normalized spacial score (nSPS) is 15.5. The van der Waals surface area contributed by atoms with Gasteiger partial charge in [-0.25, -0.2) is 4.79 Å². The molecule has 0 radical (unpaired) electrons. The quantitative estimate of drug-likeness (QED) is 0.520. The highest BCUT2D eigenvalue weighted by molar-refractivity contribution is 6.33. The number of furan rings is 1. The standard InChI is InChI=1S/C22H17ClN2O6/c1-12-15(20(27)25(7-2-8-26)21(28)17(12)11-24)10-14-4-6-19(31-14)13-3-5-18(23)16(9-13)22(29)30/h3-6,9-10,26H,2,7-8H2,1H3,(H,29,30)/b15-10-. The number of nitrogens with zero attached hydrogens (tertiary/aromatic N) is 2. The molecule has 0 spiro atoms. The Morgan fingerprint density at radius 2 is 2.00 bits per heavy atom. The van der Waals surface area contributed by atoms with Crippen LogP contribution in [0.4, 0.5) is 0 Å². The Morgan fingerprint density at radius 3 is 2.65 bits per heavy atom. The second kappa shape index (κ2) is 9.00. The van der Waals surface area contributed by atoms with E-state index in [4.69, 9.17) is 21.1 Å². The number of benzene rings is 1. The second-order valence-corrected chi connectivity index (χ2v) is 7.12. The molecule has 2 N–H and O–H groups in total. The minimum atomic E-state index is -1.18. The topological polar surface area (TPSA) is 132 Å². The molecular weight excluding hydrogens is 424 g/mol. The third-order valence-electron chi connectivity index (χ3n) is 4.76. The van der Waals surface area contributed by atoms with Crippen LogP contribution in [-0.2, 0) is 9.59 Å². The molecule has 2 heterocycles. The molecule has 0 unspecified atom stereocenters. The van der Waals surface area contributed by atoms with Gasteiger partial charge in [-0.1, -0.05) is 11.6 Å². The lowest BCUT2D eigenvalue weighted by Crippen LogP contribution is -2.43. The molecule has 2 aromatic rings. The summed E-state index contributed by atoms with van der Waals surface area (Å²) in [5, 5.41) is 27.7. The first-order valence-corrected chi connectivity index (χ1v) is 9.59. The monoisotopic (exact) mass is 440 g/mol. The third-order valence-corrected chi connectivity index (χ3v) is 5.09. The zero-order chi connectivity index (χ0) is 22.7. The summed E-state index contributed by atoms with van der Waals surface area (Å²) in [6, 6.07) is 9.44. The first-order valence-electron chi connectivity index (χ1n) is 9.21. The summed E-state index contributed by atoms with van der Waals surface area (Å²) < 4.78 is 5.74. The molecule has 8 nitrogen and oxygen atoms in total. The molecule has 1 aromatic heterocycles. The number of hydrogen-bond acceptors (Lipinski definition) is 6. The fourth-order valence-electron chi connectivity index (χ4n) is 3.13. The largest absolute Gasteiger partial charge is 0.478 e. The van der Waals surface area contributed by atoms with Crippen LogP contribution in [0.3, 0.4) is 0 Å². The van der Waals surface area contributed by atoms with Gasteiger partial charge < -0.3 is 14.6 Å². The SMILES string of the molecule is CC1=C(C#N)C(=O)N(CCCO)C(=O)/C1=C\c1ccc(-c2ccc(Cl)c(C(=O)O)c2)o1. The van der Waals surface area contributed by atoms with Crippen LogP contribution in [0.2, 0.25) is 5.02 Å². The maximum Gasteiger partial charge on any atom is 0.337 e. The molecule has 1 aromatic carbocycles. The fourth-order valence-corrected chi connectivity index (χ4v) is 3.33. The van der Waals surface area contributed by atoms with E-state index in [2.05, 4.69) is 0 Å². The van der Waals surface area contributed by atoms with E-state index in [0.717, 1.165) is 4.90 Å². The van der Waals surface area contributed by atoms with Crippen LogP contribution >= 0.6 is 11.6 Å². The van der Waals surface area contributed by atoms with Gasteiger partial charge in [0, 0.05) is 24.3 Å². The van der Waals surface area contributed by atoms with Gasteiger partial charge in [-0.15, -0.1) is 0 Å². The van der Waals surface area contributed by atoms with Crippen LogP contribution in [0.25, 0.3) is 17.4 Å². The van der Waals surface area contributed by atoms with Gasteiger partial charge in [0.25, 0.3) is 11.8 Å². The van der Waals surface area contributed by atoms with E-state index in [0.29, 0.717) is 11.3 Å². The minimum Gasteiger partial charge on any atom is -0.478 e. The van der Waals surface area contributed by atoms with Crippen molar-refractivity contribution < 1.29 is 29.0 Å². The molecule has 0 bridgehead atoms. The number of carbonyl (C=O) groups excluding carboxylic acids is 2. The predicted octanol–water partition coefficient (Wildman–Crippen LogP) is 3.27. The van der Waals surface area contributed by atoms with Gasteiger partial charge in [0.05, 0.1) is 10.6 Å². The Labute approximate surface area is 182 Å². The molecule has 0 fully saturated rings. The average Bonchev–Trinajstić information content (AvgIpc) is 3.20. The highest BCUT2D eigenvalue weighted by Crippen LogP contribution is 2.30. The number of aliphatic hydroxyl groups excluding tert-OH is 1. The first kappa shape index (κ1) is 22.0. The summed E-state index contributed by atoms with van der Waals surface area (Å²) in [4.78, 5) is 37.5. The molecule has 31 heavy (non-hydrogen) atoms. The van der Waals surface area contributed by atoms with E-state index < -0.39 is 17.8 Å². The van der Waals surface area contributed by atoms with Crippen molar-refractivity contribution in [2.45, 2.75) is 13.3 Å². The number of imide groups is 1. The fraction of sp³-hybridized carbons (Fsp3) is 0.182. The number of amides is 2. The number of nitriles is 1. The lowest BCUT2D eigenvalue weighted by molar-refractivity contribution is -0.140. The molecule has 3 rings (SSSR count). The van der Waals surface area contributed by atoms with Crippen LogP contribution in [0.1, 0.15) is 29.5 Å². The Morgan fingerprint density at radius 1 is 1.26 bits per heavy atom. The van der Waals surface area contributed by atoms with Crippen molar-refractivity contribution in [2.75, 3.05) is 13.2 Å². The average molecular weight is 441 g/mol. The lowest BCUT2D eigenvalue weighted by Gasteiger charge is -2.27. The number of carbonyl (C=O) groups is 3. The van der Waals surface area contributed by atoms with E-state index in [-0.39, 0.29) is 52.6 Å². The Kier molecular flexibility index (Phi) is 6.39. The first-order chi connectivity index (χ1) is 14.8. The van der Waals surface area contributed by atoms with Crippen molar-refractivity contribution in [3.05, 3.63) is 63.4 Å². The number of carboxylic acids is 1. The number of rotatable bonds is 6. The third kappa shape index (κ3) is 4.28. The van der Waals surface area contributed by atoms with Gasteiger partial charge in [-0.05, 0) is 55.3 Å². The molecule has 0 atom stereocenters. The zero-order valence-electron chi connectivity index (χ0n) is 16.4. The van der Waals surface area contributed by atoms with Crippen LogP contribution in [0.15, 0.2) is 51.5 Å². The molecule has 9 heteroatoms. The van der Waals surface area contributed by atoms with Crippen LogP contribution in [0.5, 0.6) is 0 Å². The Balaban J connectivity index is 2.01. The molecule has 0 saturated carbocycles. The van der Waals surface area contributed by atoms with Gasteiger partial charge in [0.1, 0.15) is 23.2 Å². The number of halogens is 1. The molecular formula is C22H17ClN2O6. The van der Waals surface area contributed by atoms with Crippen LogP contribution < -0.4 is 0 Å². The highest BCUT2D eigenvalue weighted by Gasteiger charge is 2.35. The van der Waals surface area contributed by atoms with E-state index in [1.54, 1.807) is 18.2 Å². The number of hydrogen-bond donors (Lipinski definition) is 2. The molecule has 1 aliphatic rings. The molecule has 1 aliphatic heterocycles. The zero-order valence-corrected chi connectivity index (χ0v) is 17.1. The van der Waals surface area contributed by atoms with Crippen molar-refractivity contribution in [1.29, 1.82) is 5.26 Å². The number of carboxylic acid groups (broad SMARTS) is 1.